The Hall–Kier alpha value is -0.0100. The van der Waals surface area contributed by atoms with Crippen molar-refractivity contribution in [3.05, 3.63) is 0 Å². The molecule has 326 valence electrons. The summed E-state index contributed by atoms with van der Waals surface area (Å²) in [5.74, 6) is 0. The van der Waals surface area contributed by atoms with E-state index in [4.69, 9.17) is 19.2 Å². The molecule has 0 fully saturated rings. The molecule has 0 saturated carbocycles. The summed E-state index contributed by atoms with van der Waals surface area (Å²) in [5.41, 5.74) is 0. The fourth-order valence-electron chi connectivity index (χ4n) is 7.88. The van der Waals surface area contributed by atoms with E-state index in [1.54, 1.807) is 0 Å². The lowest BCUT2D eigenvalue weighted by Crippen LogP contribution is -2.50. The van der Waals surface area contributed by atoms with Crippen molar-refractivity contribution < 1.29 is 32.7 Å². The molecule has 0 unspecified atom stereocenters. The molecule has 0 aromatic carbocycles. The average molecular weight is 780 g/mol. The molecule has 0 amide bonds. The largest absolute Gasteiger partial charge is 0.822 e. The maximum Gasteiger partial charge on any atom is 0.0786 e. The lowest BCUT2D eigenvalue weighted by atomic mass is 10.1. The Morgan fingerprint density at radius 2 is 0.377 bits per heavy atom. The van der Waals surface area contributed by atoms with Gasteiger partial charge in [0.15, 0.2) is 0 Å². The van der Waals surface area contributed by atoms with Gasteiger partial charge < -0.3 is 32.7 Å². The van der Waals surface area contributed by atoms with Crippen molar-refractivity contribution in [2.75, 3.05) is 78.5 Å². The second-order valence-electron chi connectivity index (χ2n) is 16.3. The lowest BCUT2D eigenvalue weighted by molar-refractivity contribution is -0.928. The van der Waals surface area contributed by atoms with Crippen LogP contribution in [0, 0.1) is 0 Å². The topological polar surface area (TPSA) is 86.2 Å². The van der Waals surface area contributed by atoms with Crippen LogP contribution in [0.3, 0.4) is 0 Å². The summed E-state index contributed by atoms with van der Waals surface area (Å²) < 4.78 is 12.8. The minimum absolute atomic E-state index is 1.34. The number of quaternary nitrogens is 3. The molecule has 0 N–H and O–H groups in total. The van der Waals surface area contributed by atoms with Gasteiger partial charge in [0.2, 0.25) is 0 Å². The molecule has 53 heavy (non-hydrogen) atoms. The number of unbranched alkanes of at least 4 members (excludes halogenated alkanes) is 9. The van der Waals surface area contributed by atoms with Crippen molar-refractivity contribution in [1.82, 2.24) is 0 Å². The quantitative estimate of drug-likeness (QED) is 0.0490. The predicted molar refractivity (Wildman–Crippen MR) is 232 cm³/mol. The number of nitrogens with zero attached hydrogens (tertiary/aromatic N) is 3. The van der Waals surface area contributed by atoms with Crippen molar-refractivity contribution in [2.45, 2.75) is 218 Å². The summed E-state index contributed by atoms with van der Waals surface area (Å²) in [6.07, 6.45) is 28.9. The SMILES string of the molecule is CCCC[N+](CCC)(CCCC)CCCC.CCCC[N+](CCC)(CCCC)CCCC.CCCC[N+](CCC)(CCCC)CCCC.O=P([O-])([O-])[O-]. The Balaban J connectivity index is -0.000000318. The van der Waals surface area contributed by atoms with Gasteiger partial charge >= 0.3 is 0 Å². The van der Waals surface area contributed by atoms with Gasteiger partial charge in [0.25, 0.3) is 0 Å². The van der Waals surface area contributed by atoms with Crippen LogP contribution in [-0.2, 0) is 4.57 Å². The van der Waals surface area contributed by atoms with Crippen molar-refractivity contribution in [1.29, 1.82) is 0 Å². The molecular formula is C45H102N3O4P. The van der Waals surface area contributed by atoms with Crippen molar-refractivity contribution >= 4 is 7.82 Å². The van der Waals surface area contributed by atoms with E-state index in [1.165, 1.54) is 227 Å². The summed E-state index contributed by atoms with van der Waals surface area (Å²) in [6, 6.07) is 0. The number of phosphoric acid groups is 1. The van der Waals surface area contributed by atoms with Gasteiger partial charge in [-0.25, -0.2) is 0 Å². The van der Waals surface area contributed by atoms with E-state index in [1.807, 2.05) is 0 Å². The number of rotatable bonds is 33. The minimum atomic E-state index is -5.39. The zero-order chi connectivity index (χ0) is 41.3. The van der Waals surface area contributed by atoms with Gasteiger partial charge in [-0.05, 0) is 77.0 Å². The number of hydrogen-bond acceptors (Lipinski definition) is 4. The van der Waals surface area contributed by atoms with Gasteiger partial charge in [-0.1, -0.05) is 141 Å². The van der Waals surface area contributed by atoms with Crippen molar-refractivity contribution in [2.24, 2.45) is 0 Å². The normalized spacial score (nSPS) is 12.0. The molecule has 7 nitrogen and oxygen atoms in total. The summed E-state index contributed by atoms with van der Waals surface area (Å²) in [4.78, 5) is 25.6. The third kappa shape index (κ3) is 40.0. The molecule has 0 radical (unpaired) electrons. The maximum absolute atomic E-state index is 8.55. The minimum Gasteiger partial charge on any atom is -0.822 e. The van der Waals surface area contributed by atoms with Gasteiger partial charge in [0, 0.05) is 0 Å². The smallest absolute Gasteiger partial charge is 0.0786 e. The monoisotopic (exact) mass is 780 g/mol. The van der Waals surface area contributed by atoms with E-state index >= 15 is 0 Å². The molecule has 8 heteroatoms. The Labute approximate surface area is 336 Å². The van der Waals surface area contributed by atoms with Crippen molar-refractivity contribution in [3.8, 4) is 0 Å². The van der Waals surface area contributed by atoms with E-state index in [9.17, 15) is 0 Å². The van der Waals surface area contributed by atoms with Crippen LogP contribution in [0.1, 0.15) is 218 Å². The van der Waals surface area contributed by atoms with Crippen LogP contribution in [0.4, 0.5) is 0 Å². The first-order valence-electron chi connectivity index (χ1n) is 23.5. The second-order valence-corrected chi connectivity index (χ2v) is 17.2. The molecule has 0 aromatic heterocycles. The van der Waals surface area contributed by atoms with Gasteiger partial charge in [0.1, 0.15) is 0 Å². The predicted octanol–water partition coefficient (Wildman–Crippen LogP) is 11.0. The molecule has 0 aliphatic rings. The first-order valence-corrected chi connectivity index (χ1v) is 25.0. The van der Waals surface area contributed by atoms with Gasteiger partial charge in [-0.3, -0.25) is 0 Å². The highest BCUT2D eigenvalue weighted by molar-refractivity contribution is 7.40. The van der Waals surface area contributed by atoms with Crippen LogP contribution in [0.5, 0.6) is 0 Å². The highest BCUT2D eigenvalue weighted by Gasteiger charge is 2.26. The molecule has 0 spiro atoms. The summed E-state index contributed by atoms with van der Waals surface area (Å²) >= 11 is 0. The molecule has 0 atom stereocenters. The van der Waals surface area contributed by atoms with E-state index in [2.05, 4.69) is 83.1 Å². The first kappa shape index (κ1) is 59.7. The molecule has 0 rings (SSSR count). The van der Waals surface area contributed by atoms with Crippen LogP contribution < -0.4 is 14.7 Å². The third-order valence-electron chi connectivity index (χ3n) is 11.0. The van der Waals surface area contributed by atoms with Gasteiger partial charge in [-0.15, -0.1) is 0 Å². The molecule has 0 aromatic rings. The molecular weight excluding hydrogens is 677 g/mol. The van der Waals surface area contributed by atoms with E-state index in [-0.39, 0.29) is 0 Å². The third-order valence-corrected chi connectivity index (χ3v) is 11.0. The zero-order valence-electron chi connectivity index (χ0n) is 38.8. The van der Waals surface area contributed by atoms with Crippen LogP contribution >= 0.6 is 7.82 Å². The van der Waals surface area contributed by atoms with Gasteiger partial charge in [0.05, 0.1) is 78.5 Å². The van der Waals surface area contributed by atoms with E-state index < -0.39 is 7.82 Å². The molecule has 0 heterocycles. The van der Waals surface area contributed by atoms with Crippen LogP contribution in [-0.4, -0.2) is 92.0 Å². The zero-order valence-corrected chi connectivity index (χ0v) is 39.7. The Bertz CT molecular complexity index is 595. The Kier molecular flexibility index (Phi) is 46.9. The van der Waals surface area contributed by atoms with Crippen LogP contribution in [0.25, 0.3) is 0 Å². The highest BCUT2D eigenvalue weighted by atomic mass is 31.2. The van der Waals surface area contributed by atoms with Crippen LogP contribution in [0.15, 0.2) is 0 Å². The molecule has 0 bridgehead atoms. The maximum atomic E-state index is 8.55. The van der Waals surface area contributed by atoms with Gasteiger partial charge in [-0.2, -0.15) is 7.82 Å². The second kappa shape index (κ2) is 41.6. The first-order chi connectivity index (χ1) is 25.2. The highest BCUT2D eigenvalue weighted by Crippen LogP contribution is 2.18. The number of hydrogen-bond donors (Lipinski definition) is 0. The summed E-state index contributed by atoms with van der Waals surface area (Å²) in [7, 11) is -5.39. The Morgan fingerprint density at radius 3 is 0.453 bits per heavy atom. The fraction of sp³-hybridized carbons (Fsp3) is 1.00. The lowest BCUT2D eigenvalue weighted by Gasteiger charge is -2.39. The van der Waals surface area contributed by atoms with Crippen LogP contribution in [0.2, 0.25) is 0 Å². The van der Waals surface area contributed by atoms with E-state index in [0.717, 1.165) is 0 Å². The summed E-state index contributed by atoms with van der Waals surface area (Å²) in [5, 5.41) is 0. The fourth-order valence-corrected chi connectivity index (χ4v) is 7.88. The molecule has 0 aliphatic heterocycles. The van der Waals surface area contributed by atoms with E-state index in [0.29, 0.717) is 0 Å². The molecule has 0 saturated heterocycles. The average Bonchev–Trinajstić information content (AvgIpc) is 3.13. The molecule has 0 aliphatic carbocycles. The standard InChI is InChI=1S/3C15H34N.H3O4P/c3*1-5-9-13-16(12-8-4,14-10-6-2)15-11-7-3;1-5(2,3)4/h3*5-15H2,1-4H3;(H3,1,2,3,4)/q3*+1;/p-3. The Morgan fingerprint density at radius 1 is 0.264 bits per heavy atom. The van der Waals surface area contributed by atoms with Crippen molar-refractivity contribution in [3.63, 3.8) is 0 Å². The summed E-state index contributed by atoms with van der Waals surface area (Å²) in [6.45, 7) is 44.9.